The average Bonchev–Trinajstić information content (AvgIpc) is 1.95. The second kappa shape index (κ2) is 4.04. The predicted octanol–water partition coefficient (Wildman–Crippen LogP) is -0.419. The lowest BCUT2D eigenvalue weighted by Crippen LogP contribution is -2.51. The van der Waals surface area contributed by atoms with Crippen LogP contribution in [0.4, 0.5) is 0 Å². The van der Waals surface area contributed by atoms with Crippen LogP contribution in [-0.4, -0.2) is 55.6 Å². The van der Waals surface area contributed by atoms with Crippen LogP contribution in [0.15, 0.2) is 0 Å². The first-order chi connectivity index (χ1) is 5.24. The van der Waals surface area contributed by atoms with Gasteiger partial charge in [-0.25, -0.2) is 0 Å². The number of rotatable bonds is 2. The summed E-state index contributed by atoms with van der Waals surface area (Å²) in [5.74, 6) is 0. The van der Waals surface area contributed by atoms with Crippen molar-refractivity contribution < 1.29 is 0 Å². The molecule has 0 saturated carbocycles. The summed E-state index contributed by atoms with van der Waals surface area (Å²) in [5, 5.41) is 0. The van der Waals surface area contributed by atoms with Gasteiger partial charge in [0, 0.05) is 38.8 Å². The summed E-state index contributed by atoms with van der Waals surface area (Å²) in [6.07, 6.45) is 0. The zero-order valence-electron chi connectivity index (χ0n) is 7.58. The monoisotopic (exact) mass is 157 g/mol. The number of nitrogens with zero attached hydrogens (tertiary/aromatic N) is 2. The van der Waals surface area contributed by atoms with Crippen LogP contribution in [-0.2, 0) is 0 Å². The molecule has 3 nitrogen and oxygen atoms in total. The van der Waals surface area contributed by atoms with Gasteiger partial charge in [0.1, 0.15) is 0 Å². The van der Waals surface area contributed by atoms with E-state index < -0.39 is 0 Å². The molecule has 0 aromatic heterocycles. The van der Waals surface area contributed by atoms with Crippen molar-refractivity contribution >= 4 is 0 Å². The summed E-state index contributed by atoms with van der Waals surface area (Å²) in [5.41, 5.74) is 5.50. The first kappa shape index (κ1) is 8.97. The molecule has 0 amide bonds. The first-order valence-electron chi connectivity index (χ1n) is 4.36. The standard InChI is InChI=1S/C8H19N3/c1-8-7-10(2)5-6-11(8)4-3-9/h8H,3-7,9H2,1-2H3/t8-/m1/s1. The fraction of sp³-hybridized carbons (Fsp3) is 1.00. The van der Waals surface area contributed by atoms with Gasteiger partial charge >= 0.3 is 0 Å². The summed E-state index contributed by atoms with van der Waals surface area (Å²) < 4.78 is 0. The molecule has 0 aliphatic carbocycles. The topological polar surface area (TPSA) is 32.5 Å². The number of hydrogen-bond acceptors (Lipinski definition) is 3. The maximum atomic E-state index is 5.50. The van der Waals surface area contributed by atoms with Crippen molar-refractivity contribution in [1.82, 2.24) is 9.80 Å². The highest BCUT2D eigenvalue weighted by Crippen LogP contribution is 2.05. The number of nitrogens with two attached hydrogens (primary N) is 1. The Bertz CT molecular complexity index is 116. The smallest absolute Gasteiger partial charge is 0.0195 e. The van der Waals surface area contributed by atoms with Gasteiger partial charge in [0.05, 0.1) is 0 Å². The third-order valence-electron chi connectivity index (χ3n) is 2.38. The van der Waals surface area contributed by atoms with Crippen LogP contribution in [0.25, 0.3) is 0 Å². The highest BCUT2D eigenvalue weighted by atomic mass is 15.3. The van der Waals surface area contributed by atoms with Crippen LogP contribution in [0, 0.1) is 0 Å². The molecule has 0 spiro atoms. The Kier molecular flexibility index (Phi) is 3.30. The van der Waals surface area contributed by atoms with Crippen LogP contribution in [0.2, 0.25) is 0 Å². The van der Waals surface area contributed by atoms with Crippen molar-refractivity contribution in [2.75, 3.05) is 39.8 Å². The largest absolute Gasteiger partial charge is 0.329 e. The van der Waals surface area contributed by atoms with Gasteiger partial charge in [-0.15, -0.1) is 0 Å². The van der Waals surface area contributed by atoms with E-state index in [1.807, 2.05) is 0 Å². The van der Waals surface area contributed by atoms with E-state index in [9.17, 15) is 0 Å². The van der Waals surface area contributed by atoms with Gasteiger partial charge in [0.15, 0.2) is 0 Å². The molecule has 66 valence electrons. The molecule has 11 heavy (non-hydrogen) atoms. The van der Waals surface area contributed by atoms with Gasteiger partial charge in [0.25, 0.3) is 0 Å². The molecule has 1 saturated heterocycles. The normalized spacial score (nSPS) is 29.2. The molecule has 2 N–H and O–H groups in total. The van der Waals surface area contributed by atoms with Gasteiger partial charge in [-0.05, 0) is 14.0 Å². The SMILES string of the molecule is C[C@@H]1CN(C)CCN1CCN. The Labute approximate surface area is 69.1 Å². The van der Waals surface area contributed by atoms with Gasteiger partial charge in [-0.1, -0.05) is 0 Å². The zero-order chi connectivity index (χ0) is 8.27. The second-order valence-electron chi connectivity index (χ2n) is 3.44. The minimum absolute atomic E-state index is 0.678. The molecule has 1 rings (SSSR count). The minimum Gasteiger partial charge on any atom is -0.329 e. The molecule has 0 aromatic carbocycles. The summed E-state index contributed by atoms with van der Waals surface area (Å²) in [7, 11) is 2.18. The summed E-state index contributed by atoms with van der Waals surface area (Å²) in [6, 6.07) is 0.678. The Balaban J connectivity index is 2.31. The lowest BCUT2D eigenvalue weighted by molar-refractivity contribution is 0.103. The Hall–Kier alpha value is -0.120. The van der Waals surface area contributed by atoms with E-state index in [-0.39, 0.29) is 0 Å². The van der Waals surface area contributed by atoms with Crippen molar-refractivity contribution in [2.45, 2.75) is 13.0 Å². The van der Waals surface area contributed by atoms with E-state index in [0.29, 0.717) is 6.04 Å². The molecule has 0 unspecified atom stereocenters. The molecule has 0 aromatic rings. The quantitative estimate of drug-likeness (QED) is 0.591. The maximum absolute atomic E-state index is 5.50. The Morgan fingerprint density at radius 3 is 2.73 bits per heavy atom. The summed E-state index contributed by atoms with van der Waals surface area (Å²) >= 11 is 0. The summed E-state index contributed by atoms with van der Waals surface area (Å²) in [6.45, 7) is 7.65. The number of likely N-dealkylation sites (N-methyl/N-ethyl adjacent to an activating group) is 1. The number of hydrogen-bond donors (Lipinski definition) is 1. The molecule has 3 heteroatoms. The fourth-order valence-electron chi connectivity index (χ4n) is 1.68. The van der Waals surface area contributed by atoms with Gasteiger partial charge in [-0.2, -0.15) is 0 Å². The van der Waals surface area contributed by atoms with Crippen LogP contribution < -0.4 is 5.73 Å². The molecular formula is C8H19N3. The average molecular weight is 157 g/mol. The van der Waals surface area contributed by atoms with Crippen LogP contribution in [0.1, 0.15) is 6.92 Å². The van der Waals surface area contributed by atoms with Crippen LogP contribution in [0.3, 0.4) is 0 Å². The lowest BCUT2D eigenvalue weighted by Gasteiger charge is -2.37. The van der Waals surface area contributed by atoms with Gasteiger partial charge < -0.3 is 10.6 Å². The highest BCUT2D eigenvalue weighted by Gasteiger charge is 2.19. The second-order valence-corrected chi connectivity index (χ2v) is 3.44. The molecule has 1 aliphatic rings. The molecule has 1 fully saturated rings. The lowest BCUT2D eigenvalue weighted by atomic mass is 10.2. The van der Waals surface area contributed by atoms with Gasteiger partial charge in [0.2, 0.25) is 0 Å². The van der Waals surface area contributed by atoms with Crippen molar-refractivity contribution in [2.24, 2.45) is 5.73 Å². The number of piperazine rings is 1. The van der Waals surface area contributed by atoms with E-state index in [2.05, 4.69) is 23.8 Å². The van der Waals surface area contributed by atoms with E-state index in [1.54, 1.807) is 0 Å². The maximum Gasteiger partial charge on any atom is 0.0195 e. The van der Waals surface area contributed by atoms with Crippen molar-refractivity contribution in [3.63, 3.8) is 0 Å². The van der Waals surface area contributed by atoms with Crippen molar-refractivity contribution in [1.29, 1.82) is 0 Å². The van der Waals surface area contributed by atoms with Crippen LogP contribution in [0.5, 0.6) is 0 Å². The Morgan fingerprint density at radius 1 is 1.45 bits per heavy atom. The molecule has 1 heterocycles. The third-order valence-corrected chi connectivity index (χ3v) is 2.38. The van der Waals surface area contributed by atoms with Gasteiger partial charge in [-0.3, -0.25) is 4.90 Å². The van der Waals surface area contributed by atoms with E-state index in [1.165, 1.54) is 19.6 Å². The van der Waals surface area contributed by atoms with Crippen molar-refractivity contribution in [3.8, 4) is 0 Å². The molecule has 0 radical (unpaired) electrons. The molecule has 1 atom stereocenters. The fourth-order valence-corrected chi connectivity index (χ4v) is 1.68. The van der Waals surface area contributed by atoms with E-state index in [0.717, 1.165) is 13.1 Å². The van der Waals surface area contributed by atoms with Crippen LogP contribution >= 0.6 is 0 Å². The third kappa shape index (κ3) is 2.43. The molecule has 0 bridgehead atoms. The Morgan fingerprint density at radius 2 is 2.18 bits per heavy atom. The predicted molar refractivity (Wildman–Crippen MR) is 47.6 cm³/mol. The van der Waals surface area contributed by atoms with E-state index in [4.69, 9.17) is 5.73 Å². The minimum atomic E-state index is 0.678. The molecule has 1 aliphatic heterocycles. The zero-order valence-corrected chi connectivity index (χ0v) is 7.58. The molecular weight excluding hydrogens is 138 g/mol. The summed E-state index contributed by atoms with van der Waals surface area (Å²) in [4.78, 5) is 4.83. The highest BCUT2D eigenvalue weighted by molar-refractivity contribution is 4.76. The van der Waals surface area contributed by atoms with E-state index >= 15 is 0 Å². The van der Waals surface area contributed by atoms with Crippen molar-refractivity contribution in [3.05, 3.63) is 0 Å². The first-order valence-corrected chi connectivity index (χ1v) is 4.36.